The van der Waals surface area contributed by atoms with E-state index in [1.54, 1.807) is 24.3 Å². The van der Waals surface area contributed by atoms with E-state index < -0.39 is 17.5 Å². The maximum absolute atomic E-state index is 11.1. The Morgan fingerprint density at radius 2 is 1.76 bits per heavy atom. The predicted molar refractivity (Wildman–Crippen MR) is 61.6 cm³/mol. The molecule has 0 heterocycles. The van der Waals surface area contributed by atoms with Crippen LogP contribution >= 0.6 is 0 Å². The molecule has 1 aromatic rings. The van der Waals surface area contributed by atoms with E-state index in [2.05, 4.69) is 0 Å². The van der Waals surface area contributed by atoms with E-state index in [0.29, 0.717) is 0 Å². The summed E-state index contributed by atoms with van der Waals surface area (Å²) in [6, 6.07) is 8.93. The first kappa shape index (κ1) is 13.2. The van der Waals surface area contributed by atoms with Crippen LogP contribution in [0.15, 0.2) is 30.3 Å². The number of hydrogen-bond donors (Lipinski definition) is 3. The molecule has 5 nitrogen and oxygen atoms in total. The first-order chi connectivity index (χ1) is 7.94. The Morgan fingerprint density at radius 3 is 2.24 bits per heavy atom. The van der Waals surface area contributed by atoms with E-state index in [1.807, 2.05) is 6.07 Å². The number of carboxylic acid groups (broad SMARTS) is 2. The lowest BCUT2D eigenvalue weighted by Gasteiger charge is -2.24. The van der Waals surface area contributed by atoms with Gasteiger partial charge in [-0.25, -0.2) is 0 Å². The van der Waals surface area contributed by atoms with Gasteiger partial charge in [-0.2, -0.15) is 0 Å². The Labute approximate surface area is 98.9 Å². The minimum Gasteiger partial charge on any atom is -0.481 e. The number of aliphatic carboxylic acids is 2. The monoisotopic (exact) mass is 237 g/mol. The lowest BCUT2D eigenvalue weighted by Crippen LogP contribution is -2.50. The first-order valence-electron chi connectivity index (χ1n) is 5.22. The van der Waals surface area contributed by atoms with E-state index >= 15 is 0 Å². The number of carbonyl (C=O) groups is 2. The SMILES string of the molecule is N[C@](CCC(=O)O)(Cc1ccccc1)C(=O)O. The average Bonchev–Trinajstić information content (AvgIpc) is 2.27. The third kappa shape index (κ3) is 3.88. The summed E-state index contributed by atoms with van der Waals surface area (Å²) in [6.07, 6.45) is -0.224. The summed E-state index contributed by atoms with van der Waals surface area (Å²) >= 11 is 0. The van der Waals surface area contributed by atoms with Gasteiger partial charge in [0.25, 0.3) is 0 Å². The van der Waals surface area contributed by atoms with E-state index in [1.165, 1.54) is 0 Å². The molecule has 0 aliphatic heterocycles. The third-order valence-electron chi connectivity index (χ3n) is 2.57. The van der Waals surface area contributed by atoms with Crippen LogP contribution in [0.2, 0.25) is 0 Å². The van der Waals surface area contributed by atoms with Gasteiger partial charge in [-0.05, 0) is 12.0 Å². The zero-order chi connectivity index (χ0) is 12.9. The minimum absolute atomic E-state index is 0.0907. The highest BCUT2D eigenvalue weighted by Crippen LogP contribution is 2.17. The van der Waals surface area contributed by atoms with Crippen molar-refractivity contribution in [1.82, 2.24) is 0 Å². The van der Waals surface area contributed by atoms with Gasteiger partial charge in [-0.3, -0.25) is 9.59 Å². The van der Waals surface area contributed by atoms with E-state index in [0.717, 1.165) is 5.56 Å². The Balaban J connectivity index is 2.78. The second-order valence-corrected chi connectivity index (χ2v) is 4.02. The van der Waals surface area contributed by atoms with Gasteiger partial charge in [0.2, 0.25) is 0 Å². The Morgan fingerprint density at radius 1 is 1.18 bits per heavy atom. The fraction of sp³-hybridized carbons (Fsp3) is 0.333. The van der Waals surface area contributed by atoms with Crippen LogP contribution in [-0.2, 0) is 16.0 Å². The second kappa shape index (κ2) is 5.45. The van der Waals surface area contributed by atoms with Crippen LogP contribution in [0.1, 0.15) is 18.4 Å². The van der Waals surface area contributed by atoms with Gasteiger partial charge in [-0.15, -0.1) is 0 Å². The zero-order valence-corrected chi connectivity index (χ0v) is 9.30. The van der Waals surface area contributed by atoms with Gasteiger partial charge in [0.1, 0.15) is 5.54 Å². The van der Waals surface area contributed by atoms with Crippen LogP contribution in [0, 0.1) is 0 Å². The van der Waals surface area contributed by atoms with Crippen molar-refractivity contribution < 1.29 is 19.8 Å². The Hall–Kier alpha value is -1.88. The van der Waals surface area contributed by atoms with Crippen molar-refractivity contribution >= 4 is 11.9 Å². The van der Waals surface area contributed by atoms with Crippen molar-refractivity contribution in [2.45, 2.75) is 24.8 Å². The lowest BCUT2D eigenvalue weighted by molar-refractivity contribution is -0.144. The van der Waals surface area contributed by atoms with Gasteiger partial charge in [-0.1, -0.05) is 30.3 Å². The maximum Gasteiger partial charge on any atom is 0.324 e. The maximum atomic E-state index is 11.1. The summed E-state index contributed by atoms with van der Waals surface area (Å²) in [5, 5.41) is 17.7. The number of hydrogen-bond acceptors (Lipinski definition) is 3. The van der Waals surface area contributed by atoms with E-state index in [9.17, 15) is 9.59 Å². The van der Waals surface area contributed by atoms with Crippen molar-refractivity contribution in [3.8, 4) is 0 Å². The molecule has 5 heteroatoms. The average molecular weight is 237 g/mol. The van der Waals surface area contributed by atoms with Crippen LogP contribution in [0.5, 0.6) is 0 Å². The molecule has 1 atom stereocenters. The summed E-state index contributed by atoms with van der Waals surface area (Å²) in [5.41, 5.74) is 5.01. The molecule has 0 aliphatic carbocycles. The van der Waals surface area contributed by atoms with Crippen LogP contribution < -0.4 is 5.73 Å². The van der Waals surface area contributed by atoms with Gasteiger partial charge >= 0.3 is 11.9 Å². The quantitative estimate of drug-likeness (QED) is 0.681. The van der Waals surface area contributed by atoms with Crippen molar-refractivity contribution in [1.29, 1.82) is 0 Å². The van der Waals surface area contributed by atoms with Crippen molar-refractivity contribution in [3.05, 3.63) is 35.9 Å². The number of benzene rings is 1. The molecule has 0 aromatic heterocycles. The smallest absolute Gasteiger partial charge is 0.324 e. The molecule has 0 unspecified atom stereocenters. The summed E-state index contributed by atoms with van der Waals surface area (Å²) in [6.45, 7) is 0. The zero-order valence-electron chi connectivity index (χ0n) is 9.30. The molecular weight excluding hydrogens is 222 g/mol. The van der Waals surface area contributed by atoms with Crippen LogP contribution in [0.25, 0.3) is 0 Å². The largest absolute Gasteiger partial charge is 0.481 e. The fourth-order valence-corrected chi connectivity index (χ4v) is 1.56. The third-order valence-corrected chi connectivity index (χ3v) is 2.57. The molecule has 17 heavy (non-hydrogen) atoms. The van der Waals surface area contributed by atoms with E-state index in [4.69, 9.17) is 15.9 Å². The molecule has 0 saturated heterocycles. The Bertz CT molecular complexity index is 404. The Kier molecular flexibility index (Phi) is 4.23. The molecule has 0 amide bonds. The number of rotatable bonds is 6. The van der Waals surface area contributed by atoms with Crippen molar-refractivity contribution in [3.63, 3.8) is 0 Å². The normalized spacial score (nSPS) is 13.9. The molecule has 1 aromatic carbocycles. The summed E-state index contributed by atoms with van der Waals surface area (Å²) in [4.78, 5) is 21.6. The predicted octanol–water partition coefficient (Wildman–Crippen LogP) is 0.876. The fourth-order valence-electron chi connectivity index (χ4n) is 1.56. The summed E-state index contributed by atoms with van der Waals surface area (Å²) in [7, 11) is 0. The number of carboxylic acids is 2. The first-order valence-corrected chi connectivity index (χ1v) is 5.22. The van der Waals surface area contributed by atoms with Crippen molar-refractivity contribution in [2.24, 2.45) is 5.73 Å². The van der Waals surface area contributed by atoms with Gasteiger partial charge < -0.3 is 15.9 Å². The molecule has 0 bridgehead atoms. The molecular formula is C12H15NO4. The van der Waals surface area contributed by atoms with Gasteiger partial charge in [0.15, 0.2) is 0 Å². The second-order valence-electron chi connectivity index (χ2n) is 4.02. The summed E-state index contributed by atoms with van der Waals surface area (Å²) < 4.78 is 0. The molecule has 4 N–H and O–H groups in total. The topological polar surface area (TPSA) is 101 Å². The molecule has 1 rings (SSSR count). The van der Waals surface area contributed by atoms with Gasteiger partial charge in [0, 0.05) is 12.8 Å². The minimum atomic E-state index is -1.53. The summed E-state index contributed by atoms with van der Waals surface area (Å²) in [5.74, 6) is -2.23. The molecule has 92 valence electrons. The van der Waals surface area contributed by atoms with Crippen LogP contribution in [-0.4, -0.2) is 27.7 Å². The molecule has 0 radical (unpaired) electrons. The van der Waals surface area contributed by atoms with Gasteiger partial charge in [0.05, 0.1) is 0 Å². The van der Waals surface area contributed by atoms with Crippen molar-refractivity contribution in [2.75, 3.05) is 0 Å². The van der Waals surface area contributed by atoms with Crippen LogP contribution in [0.4, 0.5) is 0 Å². The number of nitrogens with two attached hydrogens (primary N) is 1. The lowest BCUT2D eigenvalue weighted by atomic mass is 9.87. The molecule has 0 aliphatic rings. The van der Waals surface area contributed by atoms with E-state index in [-0.39, 0.29) is 19.3 Å². The molecule has 0 fully saturated rings. The highest BCUT2D eigenvalue weighted by Gasteiger charge is 2.34. The standard InChI is InChI=1S/C12H15NO4/c13-12(11(16)17,7-6-10(14)15)8-9-4-2-1-3-5-9/h1-5H,6-8,13H2,(H,14,15)(H,16,17)/t12-/m1/s1. The highest BCUT2D eigenvalue weighted by molar-refractivity contribution is 5.80. The molecule has 0 spiro atoms. The highest BCUT2D eigenvalue weighted by atomic mass is 16.4. The molecule has 0 saturated carbocycles. The van der Waals surface area contributed by atoms with Crippen LogP contribution in [0.3, 0.4) is 0 Å².